The van der Waals surface area contributed by atoms with Gasteiger partial charge in [-0.3, -0.25) is 0 Å². The van der Waals surface area contributed by atoms with Crippen molar-refractivity contribution in [1.29, 1.82) is 0 Å². The summed E-state index contributed by atoms with van der Waals surface area (Å²) < 4.78 is 5.20. The molecular weight excluding hydrogens is 290 g/mol. The number of thiophene rings is 1. The quantitative estimate of drug-likeness (QED) is 0.669. The molecule has 0 aliphatic rings. The van der Waals surface area contributed by atoms with Gasteiger partial charge in [0.05, 0.1) is 23.3 Å². The molecule has 0 aliphatic carbocycles. The number of hydrogen-bond acceptors (Lipinski definition) is 3. The summed E-state index contributed by atoms with van der Waals surface area (Å²) >= 11 is 8.00. The molecule has 4 heteroatoms. The maximum absolute atomic E-state index is 6.32. The van der Waals surface area contributed by atoms with Crippen LogP contribution in [0.1, 0.15) is 11.3 Å². The Kier molecular flexibility index (Phi) is 3.72. The van der Waals surface area contributed by atoms with Gasteiger partial charge in [0.1, 0.15) is 5.75 Å². The smallest absolute Gasteiger partial charge is 0.119 e. The fraction of sp³-hybridized carbons (Fsp3) is 0.0625. The molecule has 0 unspecified atom stereocenters. The minimum Gasteiger partial charge on any atom is -0.497 e. The van der Waals surface area contributed by atoms with E-state index in [0.717, 1.165) is 22.3 Å². The van der Waals surface area contributed by atoms with Crippen LogP contribution in [0.4, 0.5) is 0 Å². The summed E-state index contributed by atoms with van der Waals surface area (Å²) in [5, 5.41) is 5.72. The summed E-state index contributed by atoms with van der Waals surface area (Å²) in [5.41, 5.74) is 2.88. The van der Waals surface area contributed by atoms with Crippen molar-refractivity contribution in [2.75, 3.05) is 7.11 Å². The Balaban J connectivity index is 2.01. The Morgan fingerprint density at radius 2 is 2.10 bits per heavy atom. The number of benzene rings is 1. The molecule has 20 heavy (non-hydrogen) atoms. The molecule has 2 heterocycles. The monoisotopic (exact) mass is 301 g/mol. The highest BCUT2D eigenvalue weighted by Crippen LogP contribution is 2.27. The van der Waals surface area contributed by atoms with E-state index in [9.17, 15) is 0 Å². The second-order valence-corrected chi connectivity index (χ2v) is 5.49. The van der Waals surface area contributed by atoms with Crippen LogP contribution in [0, 0.1) is 0 Å². The van der Waals surface area contributed by atoms with Gasteiger partial charge in [-0.15, -0.1) is 0 Å². The number of pyridine rings is 1. The lowest BCUT2D eigenvalue weighted by atomic mass is 10.2. The number of halogens is 1. The van der Waals surface area contributed by atoms with Crippen molar-refractivity contribution in [3.63, 3.8) is 0 Å². The maximum atomic E-state index is 6.32. The number of methoxy groups -OCH3 is 1. The number of aromatic nitrogens is 1. The minimum absolute atomic E-state index is 0.680. The first-order chi connectivity index (χ1) is 9.76. The van der Waals surface area contributed by atoms with Gasteiger partial charge in [0.2, 0.25) is 0 Å². The van der Waals surface area contributed by atoms with Crippen LogP contribution in [-0.2, 0) is 0 Å². The first-order valence-corrected chi connectivity index (χ1v) is 7.43. The summed E-state index contributed by atoms with van der Waals surface area (Å²) in [6.45, 7) is 0. The van der Waals surface area contributed by atoms with Crippen LogP contribution < -0.4 is 4.74 Å². The van der Waals surface area contributed by atoms with Gasteiger partial charge in [0.25, 0.3) is 0 Å². The van der Waals surface area contributed by atoms with Gasteiger partial charge in [0, 0.05) is 5.39 Å². The molecule has 2 aromatic heterocycles. The number of ether oxygens (including phenoxy) is 1. The molecule has 0 aliphatic heterocycles. The molecule has 0 bridgehead atoms. The first-order valence-electron chi connectivity index (χ1n) is 6.11. The first kappa shape index (κ1) is 13.2. The highest BCUT2D eigenvalue weighted by molar-refractivity contribution is 7.08. The maximum Gasteiger partial charge on any atom is 0.119 e. The van der Waals surface area contributed by atoms with Crippen LogP contribution in [-0.4, -0.2) is 12.1 Å². The Morgan fingerprint density at radius 3 is 2.85 bits per heavy atom. The molecule has 0 saturated carbocycles. The predicted molar refractivity (Wildman–Crippen MR) is 86.6 cm³/mol. The highest BCUT2D eigenvalue weighted by atomic mass is 35.5. The van der Waals surface area contributed by atoms with Crippen LogP contribution in [0.3, 0.4) is 0 Å². The Hall–Kier alpha value is -1.84. The van der Waals surface area contributed by atoms with Gasteiger partial charge in [-0.25, -0.2) is 4.98 Å². The van der Waals surface area contributed by atoms with E-state index in [2.05, 4.69) is 16.4 Å². The van der Waals surface area contributed by atoms with Crippen molar-refractivity contribution in [3.05, 3.63) is 57.4 Å². The lowest BCUT2D eigenvalue weighted by Gasteiger charge is -2.05. The van der Waals surface area contributed by atoms with Crippen LogP contribution in [0.25, 0.3) is 23.1 Å². The van der Waals surface area contributed by atoms with E-state index in [1.54, 1.807) is 18.4 Å². The van der Waals surface area contributed by atoms with Crippen molar-refractivity contribution in [3.8, 4) is 5.75 Å². The van der Waals surface area contributed by atoms with E-state index in [4.69, 9.17) is 16.3 Å². The topological polar surface area (TPSA) is 22.1 Å². The third-order valence-electron chi connectivity index (χ3n) is 2.97. The van der Waals surface area contributed by atoms with Crippen molar-refractivity contribution < 1.29 is 4.74 Å². The van der Waals surface area contributed by atoms with E-state index >= 15 is 0 Å². The molecule has 3 aromatic rings. The molecule has 0 fully saturated rings. The second kappa shape index (κ2) is 5.65. The number of rotatable bonds is 3. The van der Waals surface area contributed by atoms with Crippen molar-refractivity contribution in [2.24, 2.45) is 0 Å². The number of hydrogen-bond donors (Lipinski definition) is 0. The Labute approximate surface area is 126 Å². The number of nitrogens with zero attached hydrogens (tertiary/aromatic N) is 1. The zero-order valence-corrected chi connectivity index (χ0v) is 12.4. The largest absolute Gasteiger partial charge is 0.497 e. The number of fused-ring (bicyclic) bond motifs is 1. The molecule has 3 rings (SSSR count). The van der Waals surface area contributed by atoms with Gasteiger partial charge >= 0.3 is 0 Å². The van der Waals surface area contributed by atoms with Crippen molar-refractivity contribution >= 4 is 46.0 Å². The molecule has 2 nitrogen and oxygen atoms in total. The van der Waals surface area contributed by atoms with Crippen molar-refractivity contribution in [1.82, 2.24) is 4.98 Å². The third kappa shape index (κ3) is 2.69. The third-order valence-corrected chi connectivity index (χ3v) is 3.99. The van der Waals surface area contributed by atoms with Crippen LogP contribution >= 0.6 is 22.9 Å². The lowest BCUT2D eigenvalue weighted by Crippen LogP contribution is -1.87. The average Bonchev–Trinajstić information content (AvgIpc) is 2.98. The standard InChI is InChI=1S/C16H12ClNOS/c1-19-13-4-5-16-14(9-13)15(17)8-12(18-16)3-2-11-6-7-20-10-11/h2-10H,1H3. The molecule has 0 radical (unpaired) electrons. The van der Waals surface area contributed by atoms with E-state index in [1.165, 1.54) is 5.56 Å². The summed E-state index contributed by atoms with van der Waals surface area (Å²) in [6.07, 6.45) is 4.00. The van der Waals surface area contributed by atoms with E-state index in [0.29, 0.717) is 5.02 Å². The zero-order valence-electron chi connectivity index (χ0n) is 10.8. The summed E-state index contributed by atoms with van der Waals surface area (Å²) in [6, 6.07) is 9.64. The molecule has 1 aromatic carbocycles. The van der Waals surface area contributed by atoms with Crippen LogP contribution in [0.2, 0.25) is 5.02 Å². The lowest BCUT2D eigenvalue weighted by molar-refractivity contribution is 0.415. The van der Waals surface area contributed by atoms with Gasteiger partial charge in [-0.1, -0.05) is 17.7 Å². The SMILES string of the molecule is COc1ccc2nc(C=Cc3ccsc3)cc(Cl)c2c1. The van der Waals surface area contributed by atoms with E-state index < -0.39 is 0 Å². The van der Waals surface area contributed by atoms with Crippen molar-refractivity contribution in [2.45, 2.75) is 0 Å². The fourth-order valence-electron chi connectivity index (χ4n) is 1.95. The molecule has 0 N–H and O–H groups in total. The summed E-state index contributed by atoms with van der Waals surface area (Å²) in [7, 11) is 1.64. The second-order valence-electron chi connectivity index (χ2n) is 4.30. The van der Waals surface area contributed by atoms with E-state index in [1.807, 2.05) is 41.8 Å². The Morgan fingerprint density at radius 1 is 1.20 bits per heavy atom. The van der Waals surface area contributed by atoms with Gasteiger partial charge < -0.3 is 4.74 Å². The minimum atomic E-state index is 0.680. The van der Waals surface area contributed by atoms with Gasteiger partial charge in [-0.2, -0.15) is 11.3 Å². The normalized spacial score (nSPS) is 11.3. The predicted octanol–water partition coefficient (Wildman–Crippen LogP) is 5.13. The molecular formula is C16H12ClNOS. The molecule has 0 spiro atoms. The van der Waals surface area contributed by atoms with Crippen LogP contribution in [0.15, 0.2) is 41.1 Å². The van der Waals surface area contributed by atoms with Gasteiger partial charge in [0.15, 0.2) is 0 Å². The van der Waals surface area contributed by atoms with E-state index in [-0.39, 0.29) is 0 Å². The fourth-order valence-corrected chi connectivity index (χ4v) is 2.84. The molecule has 0 saturated heterocycles. The van der Waals surface area contributed by atoms with Gasteiger partial charge in [-0.05, 0) is 52.7 Å². The molecule has 100 valence electrons. The average molecular weight is 302 g/mol. The zero-order chi connectivity index (χ0) is 13.9. The Bertz CT molecular complexity index is 765. The summed E-state index contributed by atoms with van der Waals surface area (Å²) in [5.74, 6) is 0.780. The molecule has 0 atom stereocenters. The van der Waals surface area contributed by atoms with Crippen LogP contribution in [0.5, 0.6) is 5.75 Å². The molecule has 0 amide bonds. The highest BCUT2D eigenvalue weighted by Gasteiger charge is 2.04. The summed E-state index contributed by atoms with van der Waals surface area (Å²) in [4.78, 5) is 4.59.